The van der Waals surface area contributed by atoms with Crippen molar-refractivity contribution in [2.24, 2.45) is 0 Å². The van der Waals surface area contributed by atoms with Gasteiger partial charge in [0.15, 0.2) is 0 Å². The number of aromatic nitrogens is 2. The summed E-state index contributed by atoms with van der Waals surface area (Å²) in [6.07, 6.45) is -0.795. The summed E-state index contributed by atoms with van der Waals surface area (Å²) in [6, 6.07) is 3.19. The van der Waals surface area contributed by atoms with E-state index in [1.165, 1.54) is 7.11 Å². The van der Waals surface area contributed by atoms with Crippen LogP contribution in [0.5, 0.6) is 5.75 Å². The van der Waals surface area contributed by atoms with Gasteiger partial charge in [0.2, 0.25) is 0 Å². The summed E-state index contributed by atoms with van der Waals surface area (Å²) >= 11 is 0. The van der Waals surface area contributed by atoms with Crippen LogP contribution in [-0.2, 0) is 4.74 Å². The highest BCUT2D eigenvalue weighted by molar-refractivity contribution is 5.80. The third-order valence-corrected chi connectivity index (χ3v) is 2.16. The first kappa shape index (κ1) is 10.3. The van der Waals surface area contributed by atoms with Gasteiger partial charge in [0.05, 0.1) is 18.1 Å². The monoisotopic (exact) mass is 222 g/mol. The molecule has 0 aliphatic carbocycles. The zero-order valence-corrected chi connectivity index (χ0v) is 8.79. The van der Waals surface area contributed by atoms with Gasteiger partial charge in [-0.25, -0.2) is 9.59 Å². The number of carbonyl (C=O) groups is 1. The van der Waals surface area contributed by atoms with Crippen molar-refractivity contribution in [2.45, 2.75) is 6.92 Å². The Bertz CT molecular complexity index is 596. The van der Waals surface area contributed by atoms with Crippen molar-refractivity contribution >= 4 is 17.2 Å². The van der Waals surface area contributed by atoms with Gasteiger partial charge in [-0.1, -0.05) is 0 Å². The Kier molecular flexibility index (Phi) is 2.40. The van der Waals surface area contributed by atoms with E-state index in [-0.39, 0.29) is 5.69 Å². The van der Waals surface area contributed by atoms with Crippen LogP contribution in [0, 0.1) is 6.92 Å². The second kappa shape index (κ2) is 3.73. The van der Waals surface area contributed by atoms with E-state index in [2.05, 4.69) is 14.7 Å². The molecule has 0 saturated heterocycles. The molecule has 0 aliphatic heterocycles. The third kappa shape index (κ3) is 1.77. The highest BCUT2D eigenvalue weighted by Crippen LogP contribution is 2.21. The minimum absolute atomic E-state index is 0.298. The lowest BCUT2D eigenvalue weighted by atomic mass is 10.2. The number of benzene rings is 1. The molecule has 0 amide bonds. The lowest BCUT2D eigenvalue weighted by Crippen LogP contribution is -2.07. The van der Waals surface area contributed by atoms with Gasteiger partial charge in [-0.05, 0) is 18.6 Å². The van der Waals surface area contributed by atoms with E-state index < -0.39 is 6.16 Å². The molecule has 0 saturated carbocycles. The number of aromatic amines is 2. The summed E-state index contributed by atoms with van der Waals surface area (Å²) in [6.45, 7) is 1.80. The minimum atomic E-state index is -0.795. The maximum absolute atomic E-state index is 11.1. The normalized spacial score (nSPS) is 10.4. The van der Waals surface area contributed by atoms with Crippen molar-refractivity contribution in [1.82, 2.24) is 9.97 Å². The summed E-state index contributed by atoms with van der Waals surface area (Å²) in [7, 11) is 1.23. The molecular weight excluding hydrogens is 212 g/mol. The SMILES string of the molecule is COC(=O)Oc1cc(C)c2[nH]c(=O)[nH]c2c1. The summed E-state index contributed by atoms with van der Waals surface area (Å²) in [5.41, 5.74) is 1.79. The Morgan fingerprint density at radius 2 is 2.06 bits per heavy atom. The molecule has 0 unspecified atom stereocenters. The molecule has 2 aromatic rings. The first-order valence-electron chi connectivity index (χ1n) is 4.58. The van der Waals surface area contributed by atoms with Crippen molar-refractivity contribution in [3.05, 3.63) is 28.2 Å². The second-order valence-corrected chi connectivity index (χ2v) is 3.30. The van der Waals surface area contributed by atoms with Crippen LogP contribution in [0.25, 0.3) is 11.0 Å². The Morgan fingerprint density at radius 1 is 1.31 bits per heavy atom. The first-order valence-corrected chi connectivity index (χ1v) is 4.58. The summed E-state index contributed by atoms with van der Waals surface area (Å²) < 4.78 is 9.24. The maximum Gasteiger partial charge on any atom is 0.513 e. The minimum Gasteiger partial charge on any atom is -0.437 e. The number of hydrogen-bond acceptors (Lipinski definition) is 4. The molecule has 2 N–H and O–H groups in total. The molecule has 0 radical (unpaired) electrons. The predicted octanol–water partition coefficient (Wildman–Crippen LogP) is 1.31. The molecule has 1 aromatic heterocycles. The lowest BCUT2D eigenvalue weighted by molar-refractivity contribution is 0.121. The standard InChI is InChI=1S/C10H10N2O4/c1-5-3-6(16-10(14)15-2)4-7-8(5)12-9(13)11-7/h3-4H,1-2H3,(H2,11,12,13). The predicted molar refractivity (Wildman–Crippen MR) is 56.7 cm³/mol. The third-order valence-electron chi connectivity index (χ3n) is 2.16. The van der Waals surface area contributed by atoms with E-state index in [0.717, 1.165) is 5.56 Å². The fraction of sp³-hybridized carbons (Fsp3) is 0.200. The molecule has 1 heterocycles. The summed E-state index contributed by atoms with van der Waals surface area (Å²) in [5.74, 6) is 0.326. The number of aryl methyl sites for hydroxylation is 1. The second-order valence-electron chi connectivity index (χ2n) is 3.30. The highest BCUT2D eigenvalue weighted by Gasteiger charge is 2.08. The van der Waals surface area contributed by atoms with Crippen LogP contribution in [0.2, 0.25) is 0 Å². The fourth-order valence-electron chi connectivity index (χ4n) is 1.48. The van der Waals surface area contributed by atoms with Crippen LogP contribution in [0.4, 0.5) is 4.79 Å². The van der Waals surface area contributed by atoms with Gasteiger partial charge in [0, 0.05) is 6.07 Å². The zero-order valence-electron chi connectivity index (χ0n) is 8.79. The van der Waals surface area contributed by atoms with Gasteiger partial charge in [-0.2, -0.15) is 0 Å². The zero-order chi connectivity index (χ0) is 11.7. The van der Waals surface area contributed by atoms with Crippen LogP contribution < -0.4 is 10.4 Å². The molecule has 6 heteroatoms. The molecule has 0 aliphatic rings. The highest BCUT2D eigenvalue weighted by atomic mass is 16.7. The maximum atomic E-state index is 11.1. The van der Waals surface area contributed by atoms with E-state index in [9.17, 15) is 9.59 Å². The smallest absolute Gasteiger partial charge is 0.437 e. The molecule has 84 valence electrons. The number of nitrogens with one attached hydrogen (secondary N) is 2. The van der Waals surface area contributed by atoms with E-state index in [4.69, 9.17) is 4.74 Å². The topological polar surface area (TPSA) is 84.2 Å². The number of fused-ring (bicyclic) bond motifs is 1. The van der Waals surface area contributed by atoms with E-state index >= 15 is 0 Å². The van der Waals surface area contributed by atoms with Gasteiger partial charge in [-0.3, -0.25) is 0 Å². The number of imidazole rings is 1. The van der Waals surface area contributed by atoms with Gasteiger partial charge >= 0.3 is 11.8 Å². The van der Waals surface area contributed by atoms with Crippen molar-refractivity contribution in [3.8, 4) is 5.75 Å². The number of methoxy groups -OCH3 is 1. The average molecular weight is 222 g/mol. The molecule has 2 rings (SSSR count). The molecular formula is C10H10N2O4. The van der Waals surface area contributed by atoms with Gasteiger partial charge < -0.3 is 19.4 Å². The summed E-state index contributed by atoms with van der Waals surface area (Å²) in [5, 5.41) is 0. The van der Waals surface area contributed by atoms with Crippen LogP contribution >= 0.6 is 0 Å². The Hall–Kier alpha value is -2.24. The number of rotatable bonds is 1. The largest absolute Gasteiger partial charge is 0.513 e. The van der Waals surface area contributed by atoms with Gasteiger partial charge in [0.1, 0.15) is 5.75 Å². The number of ether oxygens (including phenoxy) is 2. The van der Waals surface area contributed by atoms with Crippen LogP contribution in [0.1, 0.15) is 5.56 Å². The molecule has 0 spiro atoms. The fourth-order valence-corrected chi connectivity index (χ4v) is 1.48. The van der Waals surface area contributed by atoms with Gasteiger partial charge in [0.25, 0.3) is 0 Å². The van der Waals surface area contributed by atoms with Gasteiger partial charge in [-0.15, -0.1) is 0 Å². The molecule has 0 fully saturated rings. The number of hydrogen-bond donors (Lipinski definition) is 2. The molecule has 0 atom stereocenters. The first-order chi connectivity index (χ1) is 7.60. The van der Waals surface area contributed by atoms with E-state index in [1.807, 2.05) is 0 Å². The van der Waals surface area contributed by atoms with Crippen molar-refractivity contribution in [3.63, 3.8) is 0 Å². The molecule has 6 nitrogen and oxygen atoms in total. The summed E-state index contributed by atoms with van der Waals surface area (Å²) in [4.78, 5) is 27.2. The van der Waals surface area contributed by atoms with Crippen molar-refractivity contribution in [1.29, 1.82) is 0 Å². The molecule has 16 heavy (non-hydrogen) atoms. The van der Waals surface area contributed by atoms with Crippen LogP contribution in [0.15, 0.2) is 16.9 Å². The number of carbonyl (C=O) groups excluding carboxylic acids is 1. The lowest BCUT2D eigenvalue weighted by Gasteiger charge is -2.03. The van der Waals surface area contributed by atoms with E-state index in [1.54, 1.807) is 19.1 Å². The molecule has 0 bridgehead atoms. The van der Waals surface area contributed by atoms with Crippen molar-refractivity contribution in [2.75, 3.05) is 7.11 Å². The average Bonchev–Trinajstić information content (AvgIpc) is 2.59. The quantitative estimate of drug-likeness (QED) is 0.562. The Morgan fingerprint density at radius 3 is 2.75 bits per heavy atom. The number of H-pyrrole nitrogens is 2. The van der Waals surface area contributed by atoms with Crippen molar-refractivity contribution < 1.29 is 14.3 Å². The molecule has 1 aromatic carbocycles. The Labute approximate surface area is 90.2 Å². The van der Waals surface area contributed by atoms with E-state index in [0.29, 0.717) is 16.8 Å². The van der Waals surface area contributed by atoms with Crippen LogP contribution in [-0.4, -0.2) is 23.2 Å². The van der Waals surface area contributed by atoms with Crippen LogP contribution in [0.3, 0.4) is 0 Å². The Balaban J connectivity index is 2.49.